The highest BCUT2D eigenvalue weighted by atomic mass is 32.1. The molecule has 0 radical (unpaired) electrons. The maximum atomic E-state index is 12.2. The van der Waals surface area contributed by atoms with Crippen LogP contribution >= 0.6 is 11.3 Å². The highest BCUT2D eigenvalue weighted by Gasteiger charge is 2.17. The van der Waals surface area contributed by atoms with E-state index in [-0.39, 0.29) is 18.1 Å². The maximum absolute atomic E-state index is 12.2. The number of carbonyl (C=O) groups is 2. The molecule has 1 aromatic carbocycles. The van der Waals surface area contributed by atoms with Crippen LogP contribution in [0.5, 0.6) is 0 Å². The summed E-state index contributed by atoms with van der Waals surface area (Å²) in [6, 6.07) is 10.9. The molecule has 2 heterocycles. The number of carbonyl (C=O) groups excluding carboxylic acids is 1. The molecule has 2 N–H and O–H groups in total. The number of nitrogens with one attached hydrogen (secondary N) is 1. The molecule has 0 aliphatic carbocycles. The third-order valence-corrected chi connectivity index (χ3v) is 4.20. The third-order valence-electron chi connectivity index (χ3n) is 3.35. The van der Waals surface area contributed by atoms with Gasteiger partial charge in [-0.25, -0.2) is 4.79 Å². The number of anilines is 1. The van der Waals surface area contributed by atoms with Crippen molar-refractivity contribution in [2.75, 3.05) is 5.32 Å². The highest BCUT2D eigenvalue weighted by Crippen LogP contribution is 2.25. The average molecular weight is 314 g/mol. The lowest BCUT2D eigenvalue weighted by Gasteiger charge is -2.09. The molecule has 2 aromatic heterocycles. The van der Waals surface area contributed by atoms with E-state index in [2.05, 4.69) is 5.32 Å². The minimum Gasteiger partial charge on any atom is -0.477 e. The number of fused-ring (bicyclic) bond motifs is 1. The van der Waals surface area contributed by atoms with E-state index in [9.17, 15) is 14.7 Å². The van der Waals surface area contributed by atoms with Crippen molar-refractivity contribution in [1.82, 2.24) is 4.57 Å². The molecule has 0 unspecified atom stereocenters. The standard InChI is InChI=1S/C16H14N2O3S/c1-10-3-2-4-11(7-10)17-15(19)9-18-12-5-6-22-14(12)8-13(18)16(20)21/h2-8H,9H2,1H3,(H,17,19)(H,20,21). The summed E-state index contributed by atoms with van der Waals surface area (Å²) >= 11 is 1.46. The van der Waals surface area contributed by atoms with Gasteiger partial charge in [0.2, 0.25) is 5.91 Å². The van der Waals surface area contributed by atoms with E-state index in [1.807, 2.05) is 36.6 Å². The fraction of sp³-hybridized carbons (Fsp3) is 0.125. The van der Waals surface area contributed by atoms with Crippen molar-refractivity contribution in [3.63, 3.8) is 0 Å². The van der Waals surface area contributed by atoms with Crippen molar-refractivity contribution in [2.24, 2.45) is 0 Å². The first-order valence-electron chi connectivity index (χ1n) is 6.71. The van der Waals surface area contributed by atoms with Crippen LogP contribution in [0.2, 0.25) is 0 Å². The minimum absolute atomic E-state index is 0.0319. The lowest BCUT2D eigenvalue weighted by atomic mass is 10.2. The van der Waals surface area contributed by atoms with E-state index in [1.54, 1.807) is 12.1 Å². The molecule has 0 atom stereocenters. The largest absolute Gasteiger partial charge is 0.477 e. The van der Waals surface area contributed by atoms with Gasteiger partial charge < -0.3 is 15.0 Å². The fourth-order valence-corrected chi connectivity index (χ4v) is 3.21. The Morgan fingerprint density at radius 3 is 2.82 bits per heavy atom. The zero-order chi connectivity index (χ0) is 15.7. The molecule has 0 aliphatic heterocycles. The van der Waals surface area contributed by atoms with Crippen LogP contribution in [-0.4, -0.2) is 21.6 Å². The number of thiophene rings is 1. The van der Waals surface area contributed by atoms with Crippen LogP contribution in [0.1, 0.15) is 16.1 Å². The van der Waals surface area contributed by atoms with E-state index < -0.39 is 5.97 Å². The Morgan fingerprint density at radius 1 is 1.27 bits per heavy atom. The van der Waals surface area contributed by atoms with Crippen LogP contribution in [-0.2, 0) is 11.3 Å². The van der Waals surface area contributed by atoms with Crippen LogP contribution in [0.15, 0.2) is 41.8 Å². The molecule has 0 aliphatic rings. The second kappa shape index (κ2) is 5.65. The summed E-state index contributed by atoms with van der Waals surface area (Å²) in [4.78, 5) is 23.5. The van der Waals surface area contributed by atoms with Gasteiger partial charge in [-0.1, -0.05) is 12.1 Å². The summed E-state index contributed by atoms with van der Waals surface area (Å²) in [6.45, 7) is 1.91. The van der Waals surface area contributed by atoms with Crippen molar-refractivity contribution in [2.45, 2.75) is 13.5 Å². The molecule has 3 aromatic rings. The first kappa shape index (κ1) is 14.3. The molecule has 5 nitrogen and oxygen atoms in total. The first-order chi connectivity index (χ1) is 10.5. The molecule has 6 heteroatoms. The zero-order valence-corrected chi connectivity index (χ0v) is 12.7. The molecule has 3 rings (SSSR count). The smallest absolute Gasteiger partial charge is 0.352 e. The molecule has 0 saturated carbocycles. The van der Waals surface area contributed by atoms with Gasteiger partial charge in [0.1, 0.15) is 12.2 Å². The highest BCUT2D eigenvalue weighted by molar-refractivity contribution is 7.17. The fourth-order valence-electron chi connectivity index (χ4n) is 2.39. The monoisotopic (exact) mass is 314 g/mol. The number of hydrogen-bond donors (Lipinski definition) is 2. The topological polar surface area (TPSA) is 71.3 Å². The molecular formula is C16H14N2O3S. The maximum Gasteiger partial charge on any atom is 0.352 e. The molecular weight excluding hydrogens is 300 g/mol. The summed E-state index contributed by atoms with van der Waals surface area (Å²) in [5, 5.41) is 14.0. The normalized spacial score (nSPS) is 10.8. The summed E-state index contributed by atoms with van der Waals surface area (Å²) in [6.07, 6.45) is 0. The molecule has 112 valence electrons. The number of benzene rings is 1. The SMILES string of the molecule is Cc1cccc(NC(=O)Cn2c(C(=O)O)cc3sccc32)c1. The predicted octanol–water partition coefficient (Wildman–Crippen LogP) is 3.35. The molecule has 22 heavy (non-hydrogen) atoms. The van der Waals surface area contributed by atoms with Crippen LogP contribution < -0.4 is 5.32 Å². The number of hydrogen-bond acceptors (Lipinski definition) is 3. The number of amides is 1. The first-order valence-corrected chi connectivity index (χ1v) is 7.59. The van der Waals surface area contributed by atoms with Crippen molar-refractivity contribution < 1.29 is 14.7 Å². The van der Waals surface area contributed by atoms with Crippen molar-refractivity contribution in [3.8, 4) is 0 Å². The molecule has 1 amide bonds. The lowest BCUT2D eigenvalue weighted by molar-refractivity contribution is -0.116. The molecule has 0 saturated heterocycles. The molecule has 0 spiro atoms. The van der Waals surface area contributed by atoms with Crippen LogP contribution in [0.4, 0.5) is 5.69 Å². The number of rotatable bonds is 4. The Labute approximate surface area is 130 Å². The van der Waals surface area contributed by atoms with E-state index in [0.717, 1.165) is 15.8 Å². The van der Waals surface area contributed by atoms with E-state index in [1.165, 1.54) is 15.9 Å². The Balaban J connectivity index is 1.86. The quantitative estimate of drug-likeness (QED) is 0.776. The van der Waals surface area contributed by atoms with Gasteiger partial charge in [0.05, 0.1) is 10.2 Å². The van der Waals surface area contributed by atoms with Gasteiger partial charge in [-0.15, -0.1) is 11.3 Å². The number of aromatic nitrogens is 1. The summed E-state index contributed by atoms with van der Waals surface area (Å²) in [7, 11) is 0. The summed E-state index contributed by atoms with van der Waals surface area (Å²) in [5.41, 5.74) is 2.64. The number of carboxylic acid groups (broad SMARTS) is 1. The zero-order valence-electron chi connectivity index (χ0n) is 11.9. The Kier molecular flexibility index (Phi) is 3.68. The van der Waals surface area contributed by atoms with E-state index in [0.29, 0.717) is 5.69 Å². The number of nitrogens with zero attached hydrogens (tertiary/aromatic N) is 1. The predicted molar refractivity (Wildman–Crippen MR) is 86.6 cm³/mol. The molecule has 0 bridgehead atoms. The van der Waals surface area contributed by atoms with Crippen molar-refractivity contribution >= 4 is 39.1 Å². The van der Waals surface area contributed by atoms with E-state index >= 15 is 0 Å². The minimum atomic E-state index is -1.04. The van der Waals surface area contributed by atoms with Crippen LogP contribution in [0.3, 0.4) is 0 Å². The second-order valence-electron chi connectivity index (χ2n) is 5.01. The Bertz CT molecular complexity index is 863. The number of carboxylic acids is 1. The Hall–Kier alpha value is -2.60. The molecule has 0 fully saturated rings. The van der Waals surface area contributed by atoms with Crippen molar-refractivity contribution in [1.29, 1.82) is 0 Å². The van der Waals surface area contributed by atoms with Gasteiger partial charge in [-0.2, -0.15) is 0 Å². The third kappa shape index (κ3) is 2.73. The van der Waals surface area contributed by atoms with Gasteiger partial charge in [0.15, 0.2) is 0 Å². The summed E-state index contributed by atoms with van der Waals surface area (Å²) in [5.74, 6) is -1.29. The van der Waals surface area contributed by atoms with Gasteiger partial charge in [-0.3, -0.25) is 4.79 Å². The summed E-state index contributed by atoms with van der Waals surface area (Å²) < 4.78 is 2.39. The lowest BCUT2D eigenvalue weighted by Crippen LogP contribution is -2.21. The van der Waals surface area contributed by atoms with Gasteiger partial charge in [0.25, 0.3) is 0 Å². The number of aryl methyl sites for hydroxylation is 1. The average Bonchev–Trinajstić information content (AvgIpc) is 3.01. The van der Waals surface area contributed by atoms with Gasteiger partial charge in [0, 0.05) is 5.69 Å². The van der Waals surface area contributed by atoms with Crippen molar-refractivity contribution in [3.05, 3.63) is 53.0 Å². The van der Waals surface area contributed by atoms with Crippen LogP contribution in [0, 0.1) is 6.92 Å². The Morgan fingerprint density at radius 2 is 2.09 bits per heavy atom. The van der Waals surface area contributed by atoms with E-state index in [4.69, 9.17) is 0 Å². The van der Waals surface area contributed by atoms with Gasteiger partial charge >= 0.3 is 5.97 Å². The van der Waals surface area contributed by atoms with Gasteiger partial charge in [-0.05, 0) is 42.1 Å². The second-order valence-corrected chi connectivity index (χ2v) is 5.96. The van der Waals surface area contributed by atoms with Crippen LogP contribution in [0.25, 0.3) is 10.2 Å². The number of aromatic carboxylic acids is 1.